The van der Waals surface area contributed by atoms with Gasteiger partial charge in [-0.05, 0) is 24.6 Å². The molecule has 0 aliphatic heterocycles. The van der Waals surface area contributed by atoms with E-state index in [1.54, 1.807) is 0 Å². The molecule has 1 nitrogen and oxygen atoms in total. The van der Waals surface area contributed by atoms with E-state index in [0.717, 1.165) is 0 Å². The normalized spacial score (nSPS) is 11.8. The minimum atomic E-state index is 0.449. The lowest BCUT2D eigenvalue weighted by Crippen LogP contribution is -2.49. The van der Waals surface area contributed by atoms with Gasteiger partial charge in [0.1, 0.15) is 62.8 Å². The van der Waals surface area contributed by atoms with Gasteiger partial charge in [-0.3, -0.25) is 0 Å². The summed E-state index contributed by atoms with van der Waals surface area (Å²) in [6, 6.07) is 0.449. The highest BCUT2D eigenvalue weighted by molar-refractivity contribution is 6.71. The van der Waals surface area contributed by atoms with Crippen molar-refractivity contribution in [3.05, 3.63) is 0 Å². The first-order valence-corrected chi connectivity index (χ1v) is 9.11. The third-order valence-electron chi connectivity index (χ3n) is 6.56. The first-order chi connectivity index (χ1) is 11.1. The average molecular weight is 304 g/mol. The van der Waals surface area contributed by atoms with Crippen LogP contribution in [-0.4, -0.2) is 67.3 Å². The summed E-state index contributed by atoms with van der Waals surface area (Å²) in [6.07, 6.45) is 0. The topological polar surface area (TPSA) is 4.93 Å². The SMILES string of the molecule is Bc1c(B)c(B)c2c(c1B)c1c(B)c(B)c(B)c(B)c1n2C(C)C. The molecule has 0 saturated carbocycles. The Bertz CT molecular complexity index is 941. The highest BCUT2D eigenvalue weighted by Crippen LogP contribution is 2.26. The quantitative estimate of drug-likeness (QED) is 0.394. The summed E-state index contributed by atoms with van der Waals surface area (Å²) in [6.45, 7) is 4.62. The molecule has 2 aromatic carbocycles. The van der Waals surface area contributed by atoms with E-state index < -0.39 is 0 Å². The van der Waals surface area contributed by atoms with E-state index in [-0.39, 0.29) is 0 Å². The number of hydrogen-bond donors (Lipinski definition) is 0. The standard InChI is InChI=1S/C15H23B8N/c1-3(2)24-14-4(6(16)8(18)10(20)12(14)22)5-7(17)9(19)11(21)13(23)15(5)24/h3H,16-23H2,1-2H3. The molecule has 1 heterocycles. The van der Waals surface area contributed by atoms with E-state index in [1.807, 2.05) is 0 Å². The molecule has 0 aliphatic rings. The number of fused-ring (bicyclic) bond motifs is 3. The molecule has 0 radical (unpaired) electrons. The van der Waals surface area contributed by atoms with Crippen LogP contribution in [0.5, 0.6) is 0 Å². The summed E-state index contributed by atoms with van der Waals surface area (Å²) < 4.78 is 2.59. The zero-order valence-electron chi connectivity index (χ0n) is 17.0. The van der Waals surface area contributed by atoms with Crippen LogP contribution in [-0.2, 0) is 0 Å². The maximum absolute atomic E-state index is 2.59. The summed E-state index contributed by atoms with van der Waals surface area (Å²) in [5.41, 5.74) is 14.4. The van der Waals surface area contributed by atoms with Crippen molar-refractivity contribution in [3.63, 3.8) is 0 Å². The number of rotatable bonds is 1. The van der Waals surface area contributed by atoms with Crippen LogP contribution in [0, 0.1) is 0 Å². The molecule has 0 saturated heterocycles. The van der Waals surface area contributed by atoms with E-state index in [1.165, 1.54) is 65.5 Å². The van der Waals surface area contributed by atoms with Gasteiger partial charge in [-0.2, -0.15) is 0 Å². The van der Waals surface area contributed by atoms with Crippen molar-refractivity contribution in [2.45, 2.75) is 19.9 Å². The highest BCUT2D eigenvalue weighted by atomic mass is 15.0. The Hall–Kier alpha value is -1.24. The van der Waals surface area contributed by atoms with Crippen molar-refractivity contribution in [3.8, 4) is 0 Å². The fraction of sp³-hybridized carbons (Fsp3) is 0.200. The Balaban J connectivity index is 2.84. The second-order valence-corrected chi connectivity index (χ2v) is 7.91. The zero-order chi connectivity index (χ0) is 18.1. The summed E-state index contributed by atoms with van der Waals surface area (Å²) in [5, 5.41) is 2.95. The second-order valence-electron chi connectivity index (χ2n) is 7.91. The molecule has 0 unspecified atom stereocenters. The predicted molar refractivity (Wildman–Crippen MR) is 135 cm³/mol. The lowest BCUT2D eigenvalue weighted by molar-refractivity contribution is 0.644. The fourth-order valence-electron chi connectivity index (χ4n) is 4.43. The van der Waals surface area contributed by atoms with Gasteiger partial charge >= 0.3 is 0 Å². The monoisotopic (exact) mass is 305 g/mol. The third-order valence-corrected chi connectivity index (χ3v) is 6.56. The van der Waals surface area contributed by atoms with Gasteiger partial charge in [0.25, 0.3) is 0 Å². The average Bonchev–Trinajstić information content (AvgIpc) is 2.90. The molecule has 0 atom stereocenters. The van der Waals surface area contributed by atoms with Crippen LogP contribution in [0.15, 0.2) is 0 Å². The van der Waals surface area contributed by atoms with Crippen molar-refractivity contribution in [2.24, 2.45) is 0 Å². The van der Waals surface area contributed by atoms with Crippen molar-refractivity contribution in [2.75, 3.05) is 0 Å². The van der Waals surface area contributed by atoms with E-state index >= 15 is 0 Å². The van der Waals surface area contributed by atoms with Crippen molar-refractivity contribution < 1.29 is 0 Å². The van der Waals surface area contributed by atoms with Crippen LogP contribution in [0.25, 0.3) is 21.8 Å². The third kappa shape index (κ3) is 2.06. The van der Waals surface area contributed by atoms with Gasteiger partial charge in [0.2, 0.25) is 0 Å². The number of aromatic nitrogens is 1. The van der Waals surface area contributed by atoms with Gasteiger partial charge in [0, 0.05) is 17.1 Å². The molecule has 0 spiro atoms. The molecule has 0 amide bonds. The maximum Gasteiger partial charge on any atom is 0.141 e. The first-order valence-electron chi connectivity index (χ1n) is 9.11. The Morgan fingerprint density at radius 3 is 1.08 bits per heavy atom. The van der Waals surface area contributed by atoms with Crippen LogP contribution >= 0.6 is 0 Å². The summed E-state index contributed by atoms with van der Waals surface area (Å²) in [5.74, 6) is 0. The van der Waals surface area contributed by atoms with Gasteiger partial charge in [-0.25, -0.2) is 0 Å². The molecule has 3 rings (SSSR count). The molecular formula is C15H23B8N. The Kier molecular flexibility index (Phi) is 4.13. The lowest BCUT2D eigenvalue weighted by atomic mass is 9.63. The van der Waals surface area contributed by atoms with Gasteiger partial charge in [0.05, 0.1) is 0 Å². The highest BCUT2D eigenvalue weighted by Gasteiger charge is 2.22. The van der Waals surface area contributed by atoms with Crippen LogP contribution in [0.3, 0.4) is 0 Å². The first kappa shape index (κ1) is 17.6. The van der Waals surface area contributed by atoms with Crippen molar-refractivity contribution in [1.29, 1.82) is 0 Å². The minimum Gasteiger partial charge on any atom is -0.339 e. The number of hydrogen-bond acceptors (Lipinski definition) is 0. The molecule has 0 N–H and O–H groups in total. The van der Waals surface area contributed by atoms with Gasteiger partial charge in [0.15, 0.2) is 0 Å². The van der Waals surface area contributed by atoms with Crippen LogP contribution in [0.2, 0.25) is 0 Å². The van der Waals surface area contributed by atoms with E-state index in [4.69, 9.17) is 0 Å². The number of benzene rings is 2. The zero-order valence-corrected chi connectivity index (χ0v) is 17.0. The minimum absolute atomic E-state index is 0.449. The molecular weight excluding hydrogens is 281 g/mol. The molecule has 1 aromatic heterocycles. The summed E-state index contributed by atoms with van der Waals surface area (Å²) in [4.78, 5) is 0. The Morgan fingerprint density at radius 2 is 0.792 bits per heavy atom. The molecule has 0 bridgehead atoms. The molecule has 24 heavy (non-hydrogen) atoms. The second kappa shape index (κ2) is 5.64. The number of nitrogens with zero attached hydrogens (tertiary/aromatic N) is 1. The Morgan fingerprint density at radius 1 is 0.500 bits per heavy atom. The summed E-state index contributed by atoms with van der Waals surface area (Å²) in [7, 11) is 18.3. The molecule has 0 fully saturated rings. The fourth-order valence-corrected chi connectivity index (χ4v) is 4.43. The largest absolute Gasteiger partial charge is 0.339 e. The van der Waals surface area contributed by atoms with E-state index in [0.29, 0.717) is 6.04 Å². The molecule has 112 valence electrons. The molecule has 3 aromatic rings. The van der Waals surface area contributed by atoms with Gasteiger partial charge in [-0.15, -0.1) is 10.9 Å². The van der Waals surface area contributed by atoms with Crippen molar-refractivity contribution >= 4 is 128 Å². The Labute approximate surface area is 153 Å². The molecule has 0 aliphatic carbocycles. The maximum atomic E-state index is 2.59. The van der Waals surface area contributed by atoms with Crippen LogP contribution < -0.4 is 43.7 Å². The molecule has 9 heteroatoms. The van der Waals surface area contributed by atoms with Crippen LogP contribution in [0.4, 0.5) is 0 Å². The van der Waals surface area contributed by atoms with Gasteiger partial charge < -0.3 is 4.57 Å². The van der Waals surface area contributed by atoms with Gasteiger partial charge in [-0.1, -0.05) is 32.8 Å². The lowest BCUT2D eigenvalue weighted by Gasteiger charge is -2.19. The van der Waals surface area contributed by atoms with E-state index in [9.17, 15) is 0 Å². The predicted octanol–water partition coefficient (Wildman–Crippen LogP) is -9.56. The smallest absolute Gasteiger partial charge is 0.141 e. The van der Waals surface area contributed by atoms with Crippen molar-refractivity contribution in [1.82, 2.24) is 4.57 Å². The van der Waals surface area contributed by atoms with E-state index in [2.05, 4.69) is 81.2 Å². The summed E-state index contributed by atoms with van der Waals surface area (Å²) >= 11 is 0. The van der Waals surface area contributed by atoms with Crippen LogP contribution in [0.1, 0.15) is 19.9 Å².